The maximum absolute atomic E-state index is 12.5. The Kier molecular flexibility index (Phi) is 8.00. The molecule has 0 saturated heterocycles. The highest BCUT2D eigenvalue weighted by molar-refractivity contribution is 5.76. The van der Waals surface area contributed by atoms with Gasteiger partial charge in [-0.2, -0.15) is 0 Å². The van der Waals surface area contributed by atoms with Crippen LogP contribution in [-0.2, 0) is 17.9 Å². The van der Waals surface area contributed by atoms with Crippen LogP contribution < -0.4 is 4.74 Å². The molecule has 4 heteroatoms. The van der Waals surface area contributed by atoms with Crippen LogP contribution >= 0.6 is 0 Å². The van der Waals surface area contributed by atoms with Gasteiger partial charge in [-0.25, -0.2) is 0 Å². The van der Waals surface area contributed by atoms with E-state index < -0.39 is 0 Å². The highest BCUT2D eigenvalue weighted by Gasteiger charge is 2.14. The van der Waals surface area contributed by atoms with Gasteiger partial charge in [0.15, 0.2) is 0 Å². The van der Waals surface area contributed by atoms with Crippen LogP contribution in [0.15, 0.2) is 55.3 Å². The van der Waals surface area contributed by atoms with Crippen LogP contribution in [0.2, 0.25) is 0 Å². The molecule has 0 spiro atoms. The Morgan fingerprint density at radius 3 is 2.85 bits per heavy atom. The summed E-state index contributed by atoms with van der Waals surface area (Å²) >= 11 is 0. The summed E-state index contributed by atoms with van der Waals surface area (Å²) in [6.07, 6.45) is 7.64. The number of nitrogens with zero attached hydrogens (tertiary/aromatic N) is 2. The van der Waals surface area contributed by atoms with Crippen LogP contribution in [-0.4, -0.2) is 29.0 Å². The van der Waals surface area contributed by atoms with Gasteiger partial charge in [-0.1, -0.05) is 38.0 Å². The highest BCUT2D eigenvalue weighted by Crippen LogP contribution is 2.16. The van der Waals surface area contributed by atoms with E-state index in [1.807, 2.05) is 29.2 Å². The normalized spacial score (nSPS) is 10.5. The fourth-order valence-electron chi connectivity index (χ4n) is 3.01. The number of hydrogen-bond donors (Lipinski definition) is 0. The van der Waals surface area contributed by atoms with Crippen molar-refractivity contribution < 1.29 is 9.53 Å². The summed E-state index contributed by atoms with van der Waals surface area (Å²) in [5.41, 5.74) is 2.30. The fourth-order valence-corrected chi connectivity index (χ4v) is 3.01. The number of unbranched alkanes of at least 4 members (excludes halogenated alkanes) is 2. The molecule has 0 aliphatic carbocycles. The maximum Gasteiger partial charge on any atom is 0.223 e. The molecule has 140 valence electrons. The smallest absolute Gasteiger partial charge is 0.223 e. The van der Waals surface area contributed by atoms with E-state index in [9.17, 15) is 4.79 Å². The summed E-state index contributed by atoms with van der Waals surface area (Å²) in [6, 6.07) is 12.2. The van der Waals surface area contributed by atoms with Crippen molar-refractivity contribution in [3.8, 4) is 5.75 Å². The lowest BCUT2D eigenvalue weighted by atomic mass is 10.2. The van der Waals surface area contributed by atoms with E-state index in [-0.39, 0.29) is 5.91 Å². The molecule has 1 heterocycles. The van der Waals surface area contributed by atoms with Gasteiger partial charge in [-0.05, 0) is 36.2 Å². The SMILES string of the molecule is C=CCN(Cc1cccn1Cc1cccc(OC)c1)C(=O)CCCCC. The molecule has 1 aromatic heterocycles. The van der Waals surface area contributed by atoms with E-state index in [0.717, 1.165) is 37.3 Å². The summed E-state index contributed by atoms with van der Waals surface area (Å²) in [6.45, 7) is 7.89. The molecule has 0 radical (unpaired) electrons. The molecule has 0 aliphatic heterocycles. The Balaban J connectivity index is 2.06. The Hall–Kier alpha value is -2.49. The van der Waals surface area contributed by atoms with Crippen molar-refractivity contribution in [1.29, 1.82) is 0 Å². The van der Waals surface area contributed by atoms with Crippen LogP contribution in [0.5, 0.6) is 5.75 Å². The van der Waals surface area contributed by atoms with Gasteiger partial charge < -0.3 is 14.2 Å². The number of carbonyl (C=O) groups excluding carboxylic acids is 1. The fraction of sp³-hybridized carbons (Fsp3) is 0.409. The van der Waals surface area contributed by atoms with Gasteiger partial charge >= 0.3 is 0 Å². The average Bonchev–Trinajstić information content (AvgIpc) is 3.08. The van der Waals surface area contributed by atoms with Crippen LogP contribution in [0, 0.1) is 0 Å². The Morgan fingerprint density at radius 2 is 2.12 bits per heavy atom. The predicted molar refractivity (Wildman–Crippen MR) is 106 cm³/mol. The first-order chi connectivity index (χ1) is 12.7. The summed E-state index contributed by atoms with van der Waals surface area (Å²) < 4.78 is 7.49. The van der Waals surface area contributed by atoms with Crippen LogP contribution in [0.4, 0.5) is 0 Å². The molecule has 2 aromatic rings. The molecule has 0 N–H and O–H groups in total. The largest absolute Gasteiger partial charge is 0.497 e. The molecule has 0 saturated carbocycles. The molecule has 0 fully saturated rings. The third kappa shape index (κ3) is 5.80. The zero-order chi connectivity index (χ0) is 18.8. The van der Waals surface area contributed by atoms with Crippen molar-refractivity contribution in [2.45, 2.75) is 45.7 Å². The third-order valence-electron chi connectivity index (χ3n) is 4.46. The second kappa shape index (κ2) is 10.5. The van der Waals surface area contributed by atoms with E-state index in [1.165, 1.54) is 5.56 Å². The average molecular weight is 354 g/mol. The molecule has 1 aromatic carbocycles. The van der Waals surface area contributed by atoms with Crippen LogP contribution in [0.1, 0.15) is 43.9 Å². The van der Waals surface area contributed by atoms with Gasteiger partial charge in [0, 0.05) is 31.4 Å². The highest BCUT2D eigenvalue weighted by atomic mass is 16.5. The monoisotopic (exact) mass is 354 g/mol. The summed E-state index contributed by atoms with van der Waals surface area (Å²) in [4.78, 5) is 14.4. The van der Waals surface area contributed by atoms with Crippen molar-refractivity contribution in [2.24, 2.45) is 0 Å². The van der Waals surface area contributed by atoms with Crippen LogP contribution in [0.25, 0.3) is 0 Å². The first kappa shape index (κ1) is 19.8. The second-order valence-corrected chi connectivity index (χ2v) is 6.50. The molecular weight excluding hydrogens is 324 g/mol. The van der Waals surface area contributed by atoms with E-state index in [0.29, 0.717) is 19.5 Å². The van der Waals surface area contributed by atoms with Crippen molar-refractivity contribution in [2.75, 3.05) is 13.7 Å². The van der Waals surface area contributed by atoms with Gasteiger partial charge in [0.05, 0.1) is 13.7 Å². The molecular formula is C22H30N2O2. The lowest BCUT2D eigenvalue weighted by molar-refractivity contribution is -0.131. The zero-order valence-corrected chi connectivity index (χ0v) is 16.0. The van der Waals surface area contributed by atoms with E-state index in [2.05, 4.69) is 36.4 Å². The first-order valence-corrected chi connectivity index (χ1v) is 9.33. The minimum Gasteiger partial charge on any atom is -0.497 e. The van der Waals surface area contributed by atoms with Crippen molar-refractivity contribution in [3.05, 3.63) is 66.5 Å². The number of carbonyl (C=O) groups is 1. The van der Waals surface area contributed by atoms with Gasteiger partial charge in [-0.15, -0.1) is 6.58 Å². The van der Waals surface area contributed by atoms with E-state index in [1.54, 1.807) is 13.2 Å². The topological polar surface area (TPSA) is 34.5 Å². The Labute approximate surface area is 157 Å². The molecule has 2 rings (SSSR count). The maximum atomic E-state index is 12.5. The number of aromatic nitrogens is 1. The molecule has 4 nitrogen and oxygen atoms in total. The molecule has 1 amide bonds. The summed E-state index contributed by atoms with van der Waals surface area (Å²) in [7, 11) is 1.68. The van der Waals surface area contributed by atoms with Crippen molar-refractivity contribution in [3.63, 3.8) is 0 Å². The molecule has 0 atom stereocenters. The van der Waals surface area contributed by atoms with Gasteiger partial charge in [-0.3, -0.25) is 4.79 Å². The molecule has 26 heavy (non-hydrogen) atoms. The number of ether oxygens (including phenoxy) is 1. The lowest BCUT2D eigenvalue weighted by Gasteiger charge is -2.22. The van der Waals surface area contributed by atoms with Gasteiger partial charge in [0.1, 0.15) is 5.75 Å². The standard InChI is InChI=1S/C22H30N2O2/c1-4-6-7-13-22(25)24(14-5-2)18-20-11-9-15-23(20)17-19-10-8-12-21(16-19)26-3/h5,8-12,15-16H,2,4,6-7,13-14,17-18H2,1,3H3. The number of hydrogen-bond acceptors (Lipinski definition) is 2. The number of rotatable bonds is 11. The van der Waals surface area contributed by atoms with Crippen molar-refractivity contribution >= 4 is 5.91 Å². The number of amides is 1. The van der Waals surface area contributed by atoms with E-state index >= 15 is 0 Å². The Bertz CT molecular complexity index is 706. The summed E-state index contributed by atoms with van der Waals surface area (Å²) in [5.74, 6) is 1.06. The minimum atomic E-state index is 0.201. The number of methoxy groups -OCH3 is 1. The third-order valence-corrected chi connectivity index (χ3v) is 4.46. The predicted octanol–water partition coefficient (Wildman–Crippen LogP) is 4.64. The summed E-state index contributed by atoms with van der Waals surface area (Å²) in [5, 5.41) is 0. The molecule has 0 unspecified atom stereocenters. The zero-order valence-electron chi connectivity index (χ0n) is 16.0. The first-order valence-electron chi connectivity index (χ1n) is 9.33. The minimum absolute atomic E-state index is 0.201. The van der Waals surface area contributed by atoms with E-state index in [4.69, 9.17) is 4.74 Å². The number of benzene rings is 1. The van der Waals surface area contributed by atoms with Crippen molar-refractivity contribution in [1.82, 2.24) is 9.47 Å². The molecule has 0 aliphatic rings. The molecule has 0 bridgehead atoms. The van der Waals surface area contributed by atoms with Gasteiger partial charge in [0.25, 0.3) is 0 Å². The quantitative estimate of drug-likeness (QED) is 0.435. The Morgan fingerprint density at radius 1 is 1.27 bits per heavy atom. The van der Waals surface area contributed by atoms with Gasteiger partial charge in [0.2, 0.25) is 5.91 Å². The second-order valence-electron chi connectivity index (χ2n) is 6.50. The lowest BCUT2D eigenvalue weighted by Crippen LogP contribution is -2.31. The van der Waals surface area contributed by atoms with Crippen LogP contribution in [0.3, 0.4) is 0 Å².